The van der Waals surface area contributed by atoms with Crippen LogP contribution in [0.1, 0.15) is 10.4 Å². The number of anilines is 1. The standard InChI is InChI=1S/C23H20F2N4O4/c1-28-19(4-5-26-28)14-2-3-20(17(25)6-14)32-11-13-9-29(10-13)23(31)15-7-18-21(8-16(15)24)33-12-22(30)27-18/h2-8,13H,9-12H2,1H3,(H,27,30). The molecule has 2 aliphatic heterocycles. The third kappa shape index (κ3) is 3.99. The number of aryl methyl sites for hydroxylation is 1. The van der Waals surface area contributed by atoms with Crippen molar-refractivity contribution in [1.29, 1.82) is 0 Å². The van der Waals surface area contributed by atoms with E-state index < -0.39 is 17.5 Å². The lowest BCUT2D eigenvalue weighted by atomic mass is 9.99. The summed E-state index contributed by atoms with van der Waals surface area (Å²) in [4.78, 5) is 25.6. The molecule has 3 aromatic rings. The average Bonchev–Trinajstić information content (AvgIpc) is 3.19. The summed E-state index contributed by atoms with van der Waals surface area (Å²) in [6, 6.07) is 8.89. The van der Waals surface area contributed by atoms with Crippen molar-refractivity contribution in [3.05, 3.63) is 59.8 Å². The second-order valence-electron chi connectivity index (χ2n) is 8.04. The first-order valence-corrected chi connectivity index (χ1v) is 10.3. The Hall–Kier alpha value is -3.95. The van der Waals surface area contributed by atoms with E-state index in [0.29, 0.717) is 18.7 Å². The summed E-state index contributed by atoms with van der Waals surface area (Å²) < 4.78 is 41.3. The molecule has 0 radical (unpaired) electrons. The predicted octanol–water partition coefficient (Wildman–Crippen LogP) is 2.85. The largest absolute Gasteiger partial charge is 0.490 e. The summed E-state index contributed by atoms with van der Waals surface area (Å²) in [6.45, 7) is 0.738. The van der Waals surface area contributed by atoms with Gasteiger partial charge < -0.3 is 19.7 Å². The number of rotatable bonds is 5. The Bertz CT molecular complexity index is 1250. The van der Waals surface area contributed by atoms with E-state index in [9.17, 15) is 18.4 Å². The van der Waals surface area contributed by atoms with Crippen molar-refractivity contribution < 1.29 is 27.8 Å². The molecule has 2 amide bonds. The highest BCUT2D eigenvalue weighted by atomic mass is 19.1. The number of halogens is 2. The van der Waals surface area contributed by atoms with Crippen LogP contribution >= 0.6 is 0 Å². The number of fused-ring (bicyclic) bond motifs is 1. The number of likely N-dealkylation sites (tertiary alicyclic amines) is 1. The van der Waals surface area contributed by atoms with Crippen LogP contribution in [0.5, 0.6) is 11.5 Å². The lowest BCUT2D eigenvalue weighted by molar-refractivity contribution is -0.118. The van der Waals surface area contributed by atoms with Crippen molar-refractivity contribution in [3.63, 3.8) is 0 Å². The van der Waals surface area contributed by atoms with Crippen LogP contribution in [0.15, 0.2) is 42.6 Å². The molecule has 170 valence electrons. The Labute approximate surface area is 187 Å². The molecular formula is C23H20F2N4O4. The minimum Gasteiger partial charge on any atom is -0.490 e. The molecule has 33 heavy (non-hydrogen) atoms. The number of nitrogens with one attached hydrogen (secondary N) is 1. The zero-order chi connectivity index (χ0) is 23.1. The fourth-order valence-electron chi connectivity index (χ4n) is 3.92. The number of hydrogen-bond donors (Lipinski definition) is 1. The number of amides is 2. The third-order valence-electron chi connectivity index (χ3n) is 5.70. The first-order valence-electron chi connectivity index (χ1n) is 10.3. The maximum atomic E-state index is 14.5. The quantitative estimate of drug-likeness (QED) is 0.641. The topological polar surface area (TPSA) is 85.7 Å². The number of hydrogen-bond acceptors (Lipinski definition) is 5. The fourth-order valence-corrected chi connectivity index (χ4v) is 3.92. The first kappa shape index (κ1) is 20.9. The summed E-state index contributed by atoms with van der Waals surface area (Å²) in [5, 5.41) is 6.64. The molecule has 1 fully saturated rings. The third-order valence-corrected chi connectivity index (χ3v) is 5.70. The summed E-state index contributed by atoms with van der Waals surface area (Å²) in [5.74, 6) is -1.75. The molecule has 3 heterocycles. The molecule has 0 bridgehead atoms. The van der Waals surface area contributed by atoms with Gasteiger partial charge in [0.2, 0.25) is 0 Å². The number of benzene rings is 2. The summed E-state index contributed by atoms with van der Waals surface area (Å²) >= 11 is 0. The van der Waals surface area contributed by atoms with Crippen molar-refractivity contribution in [2.24, 2.45) is 13.0 Å². The van der Waals surface area contributed by atoms with Crippen LogP contribution in [0.3, 0.4) is 0 Å². The van der Waals surface area contributed by atoms with Crippen LogP contribution in [0.4, 0.5) is 14.5 Å². The fraction of sp³-hybridized carbons (Fsp3) is 0.261. The van der Waals surface area contributed by atoms with Gasteiger partial charge in [-0.25, -0.2) is 8.78 Å². The van der Waals surface area contributed by atoms with Crippen LogP contribution < -0.4 is 14.8 Å². The minimum absolute atomic E-state index is 0.00572. The Morgan fingerprint density at radius 3 is 2.76 bits per heavy atom. The number of aromatic nitrogens is 2. The Morgan fingerprint density at radius 2 is 2.03 bits per heavy atom. The van der Waals surface area contributed by atoms with E-state index in [0.717, 1.165) is 11.8 Å². The van der Waals surface area contributed by atoms with Gasteiger partial charge in [0.15, 0.2) is 18.2 Å². The maximum absolute atomic E-state index is 14.5. The van der Waals surface area contributed by atoms with Crippen LogP contribution in [-0.4, -0.2) is 52.8 Å². The van der Waals surface area contributed by atoms with Gasteiger partial charge in [0.1, 0.15) is 11.6 Å². The summed E-state index contributed by atoms with van der Waals surface area (Å²) in [5.41, 5.74) is 1.60. The van der Waals surface area contributed by atoms with E-state index in [1.165, 1.54) is 17.0 Å². The molecule has 8 nitrogen and oxygen atoms in total. The second kappa shape index (κ2) is 8.19. The average molecular weight is 454 g/mol. The smallest absolute Gasteiger partial charge is 0.262 e. The van der Waals surface area contributed by atoms with Crippen molar-refractivity contribution in [2.75, 3.05) is 31.6 Å². The molecule has 5 rings (SSSR count). The van der Waals surface area contributed by atoms with Crippen molar-refractivity contribution in [3.8, 4) is 22.8 Å². The lowest BCUT2D eigenvalue weighted by Crippen LogP contribution is -2.52. The molecule has 2 aromatic carbocycles. The zero-order valence-electron chi connectivity index (χ0n) is 17.7. The lowest BCUT2D eigenvalue weighted by Gasteiger charge is -2.39. The first-order chi connectivity index (χ1) is 15.9. The molecule has 1 N–H and O–H groups in total. The Morgan fingerprint density at radius 1 is 1.21 bits per heavy atom. The van der Waals surface area contributed by atoms with Gasteiger partial charge in [-0.15, -0.1) is 0 Å². The van der Waals surface area contributed by atoms with Gasteiger partial charge in [-0.3, -0.25) is 14.3 Å². The molecule has 0 aliphatic carbocycles. The van der Waals surface area contributed by atoms with Crippen LogP contribution in [0, 0.1) is 17.6 Å². The molecule has 0 saturated carbocycles. The SMILES string of the molecule is Cn1nccc1-c1ccc(OCC2CN(C(=O)c3cc4c(cc3F)OCC(=O)N4)C2)c(F)c1. The van der Waals surface area contributed by atoms with E-state index in [-0.39, 0.29) is 47.8 Å². The van der Waals surface area contributed by atoms with Gasteiger partial charge in [-0.2, -0.15) is 5.10 Å². The minimum atomic E-state index is -0.717. The summed E-state index contributed by atoms with van der Waals surface area (Å²) in [7, 11) is 1.78. The van der Waals surface area contributed by atoms with E-state index in [2.05, 4.69) is 10.4 Å². The monoisotopic (exact) mass is 454 g/mol. The molecule has 1 saturated heterocycles. The summed E-state index contributed by atoms with van der Waals surface area (Å²) in [6.07, 6.45) is 1.64. The van der Waals surface area contributed by atoms with Crippen LogP contribution in [-0.2, 0) is 11.8 Å². The molecule has 10 heteroatoms. The predicted molar refractivity (Wildman–Crippen MR) is 114 cm³/mol. The Balaban J connectivity index is 1.18. The molecule has 1 aromatic heterocycles. The molecule has 0 unspecified atom stereocenters. The zero-order valence-corrected chi connectivity index (χ0v) is 17.7. The van der Waals surface area contributed by atoms with Gasteiger partial charge >= 0.3 is 0 Å². The maximum Gasteiger partial charge on any atom is 0.262 e. The second-order valence-corrected chi connectivity index (χ2v) is 8.04. The van der Waals surface area contributed by atoms with Gasteiger partial charge in [-0.1, -0.05) is 0 Å². The molecule has 0 atom stereocenters. The highest BCUT2D eigenvalue weighted by molar-refractivity contribution is 6.00. The van der Waals surface area contributed by atoms with E-state index in [1.54, 1.807) is 36.1 Å². The number of carbonyl (C=O) groups is 2. The number of carbonyl (C=O) groups excluding carboxylic acids is 2. The van der Waals surface area contributed by atoms with Crippen molar-refractivity contribution >= 4 is 17.5 Å². The van der Waals surface area contributed by atoms with Gasteiger partial charge in [-0.05, 0) is 30.3 Å². The van der Waals surface area contributed by atoms with Crippen LogP contribution in [0.2, 0.25) is 0 Å². The number of ether oxygens (including phenoxy) is 2. The molecular weight excluding hydrogens is 434 g/mol. The number of nitrogens with zero attached hydrogens (tertiary/aromatic N) is 3. The van der Waals surface area contributed by atoms with Crippen molar-refractivity contribution in [2.45, 2.75) is 0 Å². The van der Waals surface area contributed by atoms with Gasteiger partial charge in [0.05, 0.1) is 23.6 Å². The molecule has 0 spiro atoms. The highest BCUT2D eigenvalue weighted by Crippen LogP contribution is 2.32. The van der Waals surface area contributed by atoms with Crippen LogP contribution in [0.25, 0.3) is 11.3 Å². The Kier molecular flexibility index (Phi) is 5.20. The molecule has 2 aliphatic rings. The van der Waals surface area contributed by atoms with E-state index in [4.69, 9.17) is 9.47 Å². The van der Waals surface area contributed by atoms with Gasteiger partial charge in [0.25, 0.3) is 11.8 Å². The normalized spacial score (nSPS) is 15.4. The van der Waals surface area contributed by atoms with Gasteiger partial charge in [0, 0.05) is 43.9 Å². The highest BCUT2D eigenvalue weighted by Gasteiger charge is 2.34. The van der Waals surface area contributed by atoms with E-state index in [1.807, 2.05) is 0 Å². The van der Waals surface area contributed by atoms with Crippen molar-refractivity contribution in [1.82, 2.24) is 14.7 Å². The van der Waals surface area contributed by atoms with E-state index >= 15 is 0 Å².